The Balaban J connectivity index is 3.42. The van der Waals surface area contributed by atoms with Crippen LogP contribution >= 0.6 is 0 Å². The van der Waals surface area contributed by atoms with Gasteiger partial charge in [-0.25, -0.2) is 0 Å². The molecule has 0 aromatic carbocycles. The van der Waals surface area contributed by atoms with Crippen molar-refractivity contribution in [1.29, 1.82) is 0 Å². The molecule has 0 aromatic rings. The molecule has 0 fully saturated rings. The van der Waals surface area contributed by atoms with Gasteiger partial charge in [-0.1, -0.05) is 241 Å². The Labute approximate surface area is 368 Å². The highest BCUT2D eigenvalue weighted by Crippen LogP contribution is 2.16. The van der Waals surface area contributed by atoms with E-state index in [-0.39, 0.29) is 12.5 Å². The van der Waals surface area contributed by atoms with Crippen LogP contribution in [-0.2, 0) is 4.79 Å². The monoisotopic (exact) mass is 822 g/mol. The first-order valence-corrected chi connectivity index (χ1v) is 25.7. The molecule has 0 rings (SSSR count). The predicted octanol–water partition coefficient (Wildman–Crippen LogP) is 16.6. The third kappa shape index (κ3) is 46.7. The van der Waals surface area contributed by atoms with Crippen LogP contribution in [0.4, 0.5) is 0 Å². The summed E-state index contributed by atoms with van der Waals surface area (Å²) in [4.78, 5) is 12.4. The molecule has 342 valence electrons. The highest BCUT2D eigenvalue weighted by atomic mass is 16.3. The van der Waals surface area contributed by atoms with Crippen LogP contribution in [0.25, 0.3) is 0 Å². The molecule has 0 saturated carbocycles. The second kappa shape index (κ2) is 50.2. The molecule has 3 N–H and O–H groups in total. The molecule has 0 bridgehead atoms. The lowest BCUT2D eigenvalue weighted by molar-refractivity contribution is -0.123. The van der Waals surface area contributed by atoms with Crippen LogP contribution in [0.15, 0.2) is 72.9 Å². The Bertz CT molecular complexity index is 1020. The van der Waals surface area contributed by atoms with Gasteiger partial charge in [-0.3, -0.25) is 4.79 Å². The summed E-state index contributed by atoms with van der Waals surface area (Å²) in [6.07, 6.45) is 72.1. The van der Waals surface area contributed by atoms with Crippen LogP contribution in [0.1, 0.15) is 251 Å². The van der Waals surface area contributed by atoms with E-state index in [0.717, 1.165) is 57.8 Å². The van der Waals surface area contributed by atoms with Crippen molar-refractivity contribution < 1.29 is 15.0 Å². The van der Waals surface area contributed by atoms with Gasteiger partial charge in [0.25, 0.3) is 0 Å². The van der Waals surface area contributed by atoms with Crippen LogP contribution in [0.5, 0.6) is 0 Å². The molecule has 0 aromatic heterocycles. The van der Waals surface area contributed by atoms with Crippen molar-refractivity contribution in [3.05, 3.63) is 72.9 Å². The fourth-order valence-corrected chi connectivity index (χ4v) is 7.52. The number of hydrogen-bond acceptors (Lipinski definition) is 3. The van der Waals surface area contributed by atoms with Gasteiger partial charge in [0, 0.05) is 6.42 Å². The topological polar surface area (TPSA) is 69.6 Å². The van der Waals surface area contributed by atoms with Crippen molar-refractivity contribution in [3.63, 3.8) is 0 Å². The SMILES string of the molecule is CC/C=C/CC/C=C/CC/C=C/C(O)C(CO)NC(=O)CCCCCCCCCCCCCCCCCCCCCCCC/C=C\C/C=C\C/C=C\CCCCCCC. The Kier molecular flexibility index (Phi) is 48.3. The van der Waals surface area contributed by atoms with E-state index in [1.807, 2.05) is 6.08 Å². The molecule has 0 aliphatic rings. The van der Waals surface area contributed by atoms with Gasteiger partial charge in [-0.15, -0.1) is 0 Å². The van der Waals surface area contributed by atoms with Crippen LogP contribution in [-0.4, -0.2) is 34.9 Å². The molecular weight excluding hydrogens is 723 g/mol. The lowest BCUT2D eigenvalue weighted by Gasteiger charge is -2.19. The highest BCUT2D eigenvalue weighted by molar-refractivity contribution is 5.76. The Hall–Kier alpha value is -2.17. The average Bonchev–Trinajstić information content (AvgIpc) is 3.24. The van der Waals surface area contributed by atoms with Crippen LogP contribution in [0, 0.1) is 0 Å². The van der Waals surface area contributed by atoms with E-state index >= 15 is 0 Å². The quantitative estimate of drug-likeness (QED) is 0.0423. The zero-order valence-electron chi connectivity index (χ0n) is 39.3. The van der Waals surface area contributed by atoms with Gasteiger partial charge in [0.05, 0.1) is 18.8 Å². The summed E-state index contributed by atoms with van der Waals surface area (Å²) >= 11 is 0. The summed E-state index contributed by atoms with van der Waals surface area (Å²) < 4.78 is 0. The largest absolute Gasteiger partial charge is 0.394 e. The summed E-state index contributed by atoms with van der Waals surface area (Å²) in [7, 11) is 0. The van der Waals surface area contributed by atoms with E-state index in [4.69, 9.17) is 0 Å². The predicted molar refractivity (Wildman–Crippen MR) is 262 cm³/mol. The van der Waals surface area contributed by atoms with E-state index < -0.39 is 12.1 Å². The first-order valence-electron chi connectivity index (χ1n) is 25.7. The fourth-order valence-electron chi connectivity index (χ4n) is 7.52. The molecule has 0 heterocycles. The first kappa shape index (κ1) is 56.8. The molecule has 0 aliphatic heterocycles. The number of aliphatic hydroxyl groups excluding tert-OH is 2. The van der Waals surface area contributed by atoms with Crippen molar-refractivity contribution in [2.75, 3.05) is 6.61 Å². The van der Waals surface area contributed by atoms with E-state index in [2.05, 4.69) is 79.9 Å². The van der Waals surface area contributed by atoms with E-state index in [9.17, 15) is 15.0 Å². The normalized spacial score (nSPS) is 13.5. The van der Waals surface area contributed by atoms with E-state index in [1.54, 1.807) is 6.08 Å². The maximum absolute atomic E-state index is 12.4. The fraction of sp³-hybridized carbons (Fsp3) is 0.764. The summed E-state index contributed by atoms with van der Waals surface area (Å²) in [6, 6.07) is -0.644. The lowest BCUT2D eigenvalue weighted by atomic mass is 10.0. The molecule has 4 heteroatoms. The molecule has 2 unspecified atom stereocenters. The van der Waals surface area contributed by atoms with Gasteiger partial charge in [-0.2, -0.15) is 0 Å². The Morgan fingerprint density at radius 3 is 1.17 bits per heavy atom. The molecule has 0 spiro atoms. The molecule has 0 aliphatic carbocycles. The maximum Gasteiger partial charge on any atom is 0.220 e. The minimum Gasteiger partial charge on any atom is -0.394 e. The molecule has 1 amide bonds. The smallest absolute Gasteiger partial charge is 0.220 e. The van der Waals surface area contributed by atoms with Gasteiger partial charge in [0.15, 0.2) is 0 Å². The molecule has 4 nitrogen and oxygen atoms in total. The summed E-state index contributed by atoms with van der Waals surface area (Å²) in [6.45, 7) is 4.16. The summed E-state index contributed by atoms with van der Waals surface area (Å²) in [5.74, 6) is -0.0796. The molecule has 2 atom stereocenters. The number of carbonyl (C=O) groups is 1. The zero-order chi connectivity index (χ0) is 42.8. The standard InChI is InChI=1S/C55H99NO3/c1-3-5-7-9-11-13-15-16-17-18-19-20-21-22-23-24-25-26-27-28-29-30-31-32-33-34-35-36-37-38-39-40-41-43-45-47-49-51-55(59)56-53(52-57)54(58)50-48-46-44-42-14-12-10-8-6-4-2/h6,8,14-16,18-19,21-22,42,48,50,53-54,57-58H,3-5,7,9-13,17,20,23-41,43-47,49,51-52H2,1-2H3,(H,56,59)/b8-6+,16-15-,19-18-,22-21-,42-14+,50-48+. The van der Waals surface area contributed by atoms with Gasteiger partial charge < -0.3 is 15.5 Å². The van der Waals surface area contributed by atoms with Gasteiger partial charge in [0.1, 0.15) is 0 Å². The highest BCUT2D eigenvalue weighted by Gasteiger charge is 2.17. The lowest BCUT2D eigenvalue weighted by Crippen LogP contribution is -2.45. The Morgan fingerprint density at radius 2 is 0.763 bits per heavy atom. The van der Waals surface area contributed by atoms with Crippen molar-refractivity contribution in [2.45, 2.75) is 264 Å². The Morgan fingerprint density at radius 1 is 0.424 bits per heavy atom. The molecular formula is C55H99NO3. The minimum absolute atomic E-state index is 0.0796. The minimum atomic E-state index is -0.869. The summed E-state index contributed by atoms with van der Waals surface area (Å²) in [5.41, 5.74) is 0. The number of carbonyl (C=O) groups excluding carboxylic acids is 1. The first-order chi connectivity index (χ1) is 29.2. The number of hydrogen-bond donors (Lipinski definition) is 3. The third-order valence-corrected chi connectivity index (χ3v) is 11.4. The van der Waals surface area contributed by atoms with Crippen LogP contribution in [0.3, 0.4) is 0 Å². The summed E-state index contributed by atoms with van der Waals surface area (Å²) in [5, 5.41) is 22.9. The molecule has 0 saturated heterocycles. The number of nitrogens with one attached hydrogen (secondary N) is 1. The van der Waals surface area contributed by atoms with E-state index in [1.165, 1.54) is 173 Å². The second-order valence-electron chi connectivity index (χ2n) is 17.2. The maximum atomic E-state index is 12.4. The van der Waals surface area contributed by atoms with Crippen LogP contribution in [0.2, 0.25) is 0 Å². The average molecular weight is 822 g/mol. The van der Waals surface area contributed by atoms with Gasteiger partial charge in [0.2, 0.25) is 5.91 Å². The van der Waals surface area contributed by atoms with E-state index in [0.29, 0.717) is 6.42 Å². The number of allylic oxidation sites excluding steroid dienone is 11. The molecule has 0 radical (unpaired) electrons. The van der Waals surface area contributed by atoms with Crippen molar-refractivity contribution in [1.82, 2.24) is 5.32 Å². The number of rotatable bonds is 46. The van der Waals surface area contributed by atoms with Gasteiger partial charge >= 0.3 is 0 Å². The third-order valence-electron chi connectivity index (χ3n) is 11.4. The van der Waals surface area contributed by atoms with Crippen molar-refractivity contribution in [2.24, 2.45) is 0 Å². The number of amides is 1. The second-order valence-corrected chi connectivity index (χ2v) is 17.2. The van der Waals surface area contributed by atoms with Crippen LogP contribution < -0.4 is 5.32 Å². The number of unbranched alkanes of at least 4 members (excludes halogenated alkanes) is 29. The van der Waals surface area contributed by atoms with Gasteiger partial charge in [-0.05, 0) is 77.0 Å². The number of aliphatic hydroxyl groups is 2. The zero-order valence-corrected chi connectivity index (χ0v) is 39.3. The van der Waals surface area contributed by atoms with Crippen molar-refractivity contribution >= 4 is 5.91 Å². The van der Waals surface area contributed by atoms with Crippen molar-refractivity contribution in [3.8, 4) is 0 Å². The molecule has 59 heavy (non-hydrogen) atoms.